The number of rotatable bonds is 3. The number of carbonyl (C=O) groups excluding carboxylic acids is 1. The van der Waals surface area contributed by atoms with Gasteiger partial charge in [-0.15, -0.1) is 0 Å². The predicted octanol–water partition coefficient (Wildman–Crippen LogP) is 0.450. The van der Waals surface area contributed by atoms with Crippen LogP contribution in [0.2, 0.25) is 0 Å². The van der Waals surface area contributed by atoms with Gasteiger partial charge < -0.3 is 15.7 Å². The standard InChI is InChI=1S/C14H18N2O2/c1-11(10-17)16(2)14(18)13-8-4-3-6-12(13)7-5-9-15/h3-4,6,8,11,17H,9-10,15H2,1-2H3. The number of aliphatic hydroxyl groups is 1. The fourth-order valence-corrected chi connectivity index (χ4v) is 1.44. The van der Waals surface area contributed by atoms with Crippen LogP contribution in [0.1, 0.15) is 22.8 Å². The molecule has 0 radical (unpaired) electrons. The molecule has 0 bridgehead atoms. The zero-order valence-corrected chi connectivity index (χ0v) is 10.7. The van der Waals surface area contributed by atoms with Gasteiger partial charge in [-0.25, -0.2) is 0 Å². The van der Waals surface area contributed by atoms with Crippen LogP contribution < -0.4 is 5.73 Å². The molecular weight excluding hydrogens is 228 g/mol. The van der Waals surface area contributed by atoms with E-state index in [9.17, 15) is 4.79 Å². The van der Waals surface area contributed by atoms with Gasteiger partial charge >= 0.3 is 0 Å². The van der Waals surface area contributed by atoms with E-state index in [1.165, 1.54) is 4.90 Å². The third-order valence-electron chi connectivity index (χ3n) is 2.73. The lowest BCUT2D eigenvalue weighted by Gasteiger charge is -2.23. The Bertz CT molecular complexity index is 474. The fraction of sp³-hybridized carbons (Fsp3) is 0.357. The molecule has 4 nitrogen and oxygen atoms in total. The number of aliphatic hydroxyl groups excluding tert-OH is 1. The number of benzene rings is 1. The number of amides is 1. The van der Waals surface area contributed by atoms with E-state index in [-0.39, 0.29) is 25.1 Å². The minimum absolute atomic E-state index is 0.0706. The molecule has 18 heavy (non-hydrogen) atoms. The van der Waals surface area contributed by atoms with Crippen molar-refractivity contribution in [2.45, 2.75) is 13.0 Å². The van der Waals surface area contributed by atoms with Gasteiger partial charge in [0.15, 0.2) is 0 Å². The molecule has 0 spiro atoms. The minimum Gasteiger partial charge on any atom is -0.394 e. The molecule has 1 aromatic carbocycles. The zero-order valence-electron chi connectivity index (χ0n) is 10.7. The molecule has 0 saturated heterocycles. The maximum Gasteiger partial charge on any atom is 0.255 e. The molecule has 0 heterocycles. The third kappa shape index (κ3) is 3.33. The van der Waals surface area contributed by atoms with Crippen LogP contribution in [0.5, 0.6) is 0 Å². The summed E-state index contributed by atoms with van der Waals surface area (Å²) in [5.74, 6) is 5.47. The lowest BCUT2D eigenvalue weighted by molar-refractivity contribution is 0.0682. The molecule has 3 N–H and O–H groups in total. The highest BCUT2D eigenvalue weighted by atomic mass is 16.3. The molecule has 1 unspecified atom stereocenters. The molecule has 4 heteroatoms. The van der Waals surface area contributed by atoms with Gasteiger partial charge in [-0.1, -0.05) is 24.0 Å². The normalized spacial score (nSPS) is 11.3. The van der Waals surface area contributed by atoms with Crippen molar-refractivity contribution in [1.82, 2.24) is 4.90 Å². The van der Waals surface area contributed by atoms with Crippen molar-refractivity contribution in [2.75, 3.05) is 20.2 Å². The quantitative estimate of drug-likeness (QED) is 0.761. The Morgan fingerprint density at radius 1 is 1.50 bits per heavy atom. The minimum atomic E-state index is -0.229. The van der Waals surface area contributed by atoms with Crippen molar-refractivity contribution in [2.24, 2.45) is 5.73 Å². The Hall–Kier alpha value is -1.83. The zero-order chi connectivity index (χ0) is 13.5. The number of nitrogens with two attached hydrogens (primary N) is 1. The van der Waals surface area contributed by atoms with Gasteiger partial charge in [-0.3, -0.25) is 4.79 Å². The topological polar surface area (TPSA) is 66.6 Å². The lowest BCUT2D eigenvalue weighted by atomic mass is 10.1. The first-order valence-electron chi connectivity index (χ1n) is 5.77. The van der Waals surface area contributed by atoms with Gasteiger partial charge in [-0.2, -0.15) is 0 Å². The van der Waals surface area contributed by atoms with Crippen LogP contribution in [-0.4, -0.2) is 42.2 Å². The SMILES string of the molecule is CC(CO)N(C)C(=O)c1ccccc1C#CCN. The molecule has 0 aliphatic rings. The van der Waals surface area contributed by atoms with Crippen LogP contribution in [0.25, 0.3) is 0 Å². The smallest absolute Gasteiger partial charge is 0.255 e. The van der Waals surface area contributed by atoms with Crippen LogP contribution in [-0.2, 0) is 0 Å². The maximum absolute atomic E-state index is 12.2. The van der Waals surface area contributed by atoms with E-state index in [1.54, 1.807) is 32.2 Å². The van der Waals surface area contributed by atoms with Crippen molar-refractivity contribution in [3.8, 4) is 11.8 Å². The van der Waals surface area contributed by atoms with Gasteiger partial charge in [0.05, 0.1) is 24.8 Å². The van der Waals surface area contributed by atoms with Crippen LogP contribution in [0.4, 0.5) is 0 Å². The molecule has 1 atom stereocenters. The Kier molecular flexibility index (Phi) is 5.37. The van der Waals surface area contributed by atoms with Gasteiger partial charge in [0, 0.05) is 12.6 Å². The summed E-state index contributed by atoms with van der Waals surface area (Å²) in [6.07, 6.45) is 0. The van der Waals surface area contributed by atoms with Crippen LogP contribution >= 0.6 is 0 Å². The van der Waals surface area contributed by atoms with Gasteiger partial charge in [0.25, 0.3) is 5.91 Å². The molecule has 0 fully saturated rings. The molecule has 0 aromatic heterocycles. The van der Waals surface area contributed by atoms with Crippen LogP contribution in [0.15, 0.2) is 24.3 Å². The average Bonchev–Trinajstić information content (AvgIpc) is 2.42. The van der Waals surface area contributed by atoms with Crippen molar-refractivity contribution < 1.29 is 9.90 Å². The molecule has 0 aliphatic heterocycles. The van der Waals surface area contributed by atoms with E-state index in [0.717, 1.165) is 0 Å². The molecule has 0 aliphatic carbocycles. The summed E-state index contributed by atoms with van der Waals surface area (Å²) in [6.45, 7) is 1.97. The highest BCUT2D eigenvalue weighted by molar-refractivity contribution is 5.96. The largest absolute Gasteiger partial charge is 0.394 e. The monoisotopic (exact) mass is 246 g/mol. The van der Waals surface area contributed by atoms with Gasteiger partial charge in [0.2, 0.25) is 0 Å². The summed E-state index contributed by atoms with van der Waals surface area (Å²) >= 11 is 0. The number of nitrogens with zero attached hydrogens (tertiary/aromatic N) is 1. The average molecular weight is 246 g/mol. The summed E-state index contributed by atoms with van der Waals surface area (Å²) in [5.41, 5.74) is 6.52. The Balaban J connectivity index is 3.05. The van der Waals surface area contributed by atoms with E-state index in [2.05, 4.69) is 11.8 Å². The number of likely N-dealkylation sites (N-methyl/N-ethyl adjacent to an activating group) is 1. The Labute approximate surface area is 107 Å². The summed E-state index contributed by atoms with van der Waals surface area (Å²) in [6, 6.07) is 6.90. The maximum atomic E-state index is 12.2. The van der Waals surface area contributed by atoms with E-state index in [1.807, 2.05) is 6.07 Å². The Morgan fingerprint density at radius 2 is 2.17 bits per heavy atom. The highest BCUT2D eigenvalue weighted by Crippen LogP contribution is 2.11. The second-order valence-electron chi connectivity index (χ2n) is 4.00. The molecule has 0 saturated carbocycles. The summed E-state index contributed by atoms with van der Waals surface area (Å²) in [5, 5.41) is 9.07. The van der Waals surface area contributed by atoms with Crippen LogP contribution in [0, 0.1) is 11.8 Å². The van der Waals surface area contributed by atoms with Gasteiger partial charge in [-0.05, 0) is 19.1 Å². The summed E-state index contributed by atoms with van der Waals surface area (Å²) < 4.78 is 0. The molecule has 1 aromatic rings. The van der Waals surface area contributed by atoms with Crippen LogP contribution in [0.3, 0.4) is 0 Å². The number of carbonyl (C=O) groups is 1. The molecular formula is C14H18N2O2. The van der Waals surface area contributed by atoms with Crippen molar-refractivity contribution in [1.29, 1.82) is 0 Å². The Morgan fingerprint density at radius 3 is 2.78 bits per heavy atom. The number of hydrogen-bond acceptors (Lipinski definition) is 3. The van der Waals surface area contributed by atoms with Crippen molar-refractivity contribution in [3.05, 3.63) is 35.4 Å². The first-order chi connectivity index (χ1) is 8.61. The lowest BCUT2D eigenvalue weighted by Crippen LogP contribution is -2.37. The molecule has 96 valence electrons. The third-order valence-corrected chi connectivity index (χ3v) is 2.73. The van der Waals surface area contributed by atoms with E-state index in [4.69, 9.17) is 10.8 Å². The predicted molar refractivity (Wildman–Crippen MR) is 71.0 cm³/mol. The molecule has 1 rings (SSSR count). The summed E-state index contributed by atoms with van der Waals surface area (Å²) in [7, 11) is 1.66. The second kappa shape index (κ2) is 6.80. The number of hydrogen-bond donors (Lipinski definition) is 2. The first-order valence-corrected chi connectivity index (χ1v) is 5.77. The van der Waals surface area contributed by atoms with Crippen molar-refractivity contribution >= 4 is 5.91 Å². The second-order valence-corrected chi connectivity index (χ2v) is 4.00. The van der Waals surface area contributed by atoms with E-state index in [0.29, 0.717) is 11.1 Å². The van der Waals surface area contributed by atoms with Gasteiger partial charge in [0.1, 0.15) is 0 Å². The van der Waals surface area contributed by atoms with E-state index < -0.39 is 0 Å². The fourth-order valence-electron chi connectivity index (χ4n) is 1.44. The van der Waals surface area contributed by atoms with Crippen molar-refractivity contribution in [3.63, 3.8) is 0 Å². The van der Waals surface area contributed by atoms with E-state index >= 15 is 0 Å². The summed E-state index contributed by atoms with van der Waals surface area (Å²) in [4.78, 5) is 13.7. The highest BCUT2D eigenvalue weighted by Gasteiger charge is 2.18. The molecule has 1 amide bonds. The first kappa shape index (κ1) is 14.2.